The fraction of sp³-hybridized carbons (Fsp3) is 0.400. The number of nitrogens with zero attached hydrogens (tertiary/aromatic N) is 5. The first-order valence-corrected chi connectivity index (χ1v) is 7.46. The molecule has 0 atom stereocenters. The lowest BCUT2D eigenvalue weighted by molar-refractivity contribution is 0.0594. The number of methoxy groups -OCH3 is 1. The van der Waals surface area contributed by atoms with Crippen molar-refractivity contribution in [3.8, 4) is 0 Å². The largest absolute Gasteiger partial charge is 0.464 e. The lowest BCUT2D eigenvalue weighted by atomic mass is 10.1. The predicted molar refractivity (Wildman–Crippen MR) is 82.9 cm³/mol. The van der Waals surface area contributed by atoms with Crippen LogP contribution in [0.4, 0.5) is 0 Å². The highest BCUT2D eigenvalue weighted by atomic mass is 16.5. The summed E-state index contributed by atoms with van der Waals surface area (Å²) in [6.07, 6.45) is 6.26. The van der Waals surface area contributed by atoms with Gasteiger partial charge >= 0.3 is 5.97 Å². The van der Waals surface area contributed by atoms with Gasteiger partial charge in [0.2, 0.25) is 0 Å². The molecule has 0 saturated carbocycles. The summed E-state index contributed by atoms with van der Waals surface area (Å²) in [4.78, 5) is 14.4. The average Bonchev–Trinajstić information content (AvgIpc) is 3.18. The zero-order chi connectivity index (χ0) is 16.2. The standard InChI is InChI=1S/C15H18N6O2/c1-10-8-16-14-12(10)7-11(17-19-14)5-3-4-6-21-9-13(18-20-21)15(22)23-2/h7-9H,3-6H2,1-2H3,(H,16,19). The molecular weight excluding hydrogens is 296 g/mol. The maximum Gasteiger partial charge on any atom is 0.360 e. The molecule has 1 N–H and O–H groups in total. The van der Waals surface area contributed by atoms with Crippen LogP contribution in [0.15, 0.2) is 18.5 Å². The summed E-state index contributed by atoms with van der Waals surface area (Å²) in [6, 6.07) is 2.08. The van der Waals surface area contributed by atoms with E-state index in [1.54, 1.807) is 10.9 Å². The molecule has 23 heavy (non-hydrogen) atoms. The molecular formula is C15H18N6O2. The number of aromatic amines is 1. The van der Waals surface area contributed by atoms with Gasteiger partial charge in [0.15, 0.2) is 11.3 Å². The van der Waals surface area contributed by atoms with E-state index in [0.29, 0.717) is 6.54 Å². The number of esters is 1. The van der Waals surface area contributed by atoms with E-state index in [-0.39, 0.29) is 5.69 Å². The Labute approximate surface area is 132 Å². The van der Waals surface area contributed by atoms with Crippen LogP contribution in [0, 0.1) is 6.92 Å². The van der Waals surface area contributed by atoms with Crippen LogP contribution in [0.3, 0.4) is 0 Å². The van der Waals surface area contributed by atoms with Gasteiger partial charge in [0.1, 0.15) is 0 Å². The van der Waals surface area contributed by atoms with Crippen molar-refractivity contribution in [1.29, 1.82) is 0 Å². The average molecular weight is 314 g/mol. The first-order valence-electron chi connectivity index (χ1n) is 7.46. The monoisotopic (exact) mass is 314 g/mol. The van der Waals surface area contributed by atoms with Crippen molar-refractivity contribution in [2.24, 2.45) is 0 Å². The third-order valence-electron chi connectivity index (χ3n) is 3.70. The lowest BCUT2D eigenvalue weighted by Crippen LogP contribution is -2.02. The summed E-state index contributed by atoms with van der Waals surface area (Å²) in [6.45, 7) is 2.75. The summed E-state index contributed by atoms with van der Waals surface area (Å²) in [5.74, 6) is -0.471. The first-order chi connectivity index (χ1) is 11.2. The minimum absolute atomic E-state index is 0.228. The van der Waals surface area contributed by atoms with Crippen LogP contribution in [0.1, 0.15) is 34.6 Å². The lowest BCUT2D eigenvalue weighted by Gasteiger charge is -2.01. The van der Waals surface area contributed by atoms with E-state index < -0.39 is 5.97 Å². The SMILES string of the molecule is COC(=O)c1cn(CCCCc2cc3c(C)c[nH]c3nn2)nn1. The quantitative estimate of drug-likeness (QED) is 0.549. The van der Waals surface area contributed by atoms with Crippen LogP contribution in [0.2, 0.25) is 0 Å². The number of hydrogen-bond donors (Lipinski definition) is 1. The maximum absolute atomic E-state index is 11.3. The highest BCUT2D eigenvalue weighted by molar-refractivity contribution is 5.86. The van der Waals surface area contributed by atoms with Gasteiger partial charge in [0.05, 0.1) is 19.0 Å². The van der Waals surface area contributed by atoms with Crippen molar-refractivity contribution >= 4 is 17.0 Å². The molecule has 0 fully saturated rings. The molecule has 3 aromatic rings. The number of carbonyl (C=O) groups is 1. The molecule has 0 radical (unpaired) electrons. The van der Waals surface area contributed by atoms with Crippen LogP contribution >= 0.6 is 0 Å². The summed E-state index contributed by atoms with van der Waals surface area (Å²) in [7, 11) is 1.32. The zero-order valence-electron chi connectivity index (χ0n) is 13.1. The van der Waals surface area contributed by atoms with Crippen LogP contribution in [-0.2, 0) is 17.7 Å². The second kappa shape index (κ2) is 6.55. The molecule has 0 aliphatic heterocycles. The van der Waals surface area contributed by atoms with E-state index in [9.17, 15) is 4.79 Å². The summed E-state index contributed by atoms with van der Waals surface area (Å²) < 4.78 is 6.25. The third-order valence-corrected chi connectivity index (χ3v) is 3.70. The van der Waals surface area contributed by atoms with Gasteiger partial charge in [0.25, 0.3) is 0 Å². The van der Waals surface area contributed by atoms with E-state index in [2.05, 4.69) is 36.3 Å². The highest BCUT2D eigenvalue weighted by Gasteiger charge is 2.10. The fourth-order valence-electron chi connectivity index (χ4n) is 2.40. The van der Waals surface area contributed by atoms with E-state index in [1.807, 2.05) is 13.1 Å². The molecule has 0 spiro atoms. The minimum Gasteiger partial charge on any atom is -0.464 e. The van der Waals surface area contributed by atoms with E-state index >= 15 is 0 Å². The second-order valence-corrected chi connectivity index (χ2v) is 5.39. The molecule has 0 amide bonds. The van der Waals surface area contributed by atoms with Crippen LogP contribution in [0.5, 0.6) is 0 Å². The van der Waals surface area contributed by atoms with Crippen LogP contribution < -0.4 is 0 Å². The van der Waals surface area contributed by atoms with Gasteiger partial charge < -0.3 is 9.72 Å². The highest BCUT2D eigenvalue weighted by Crippen LogP contribution is 2.16. The Balaban J connectivity index is 1.51. The Morgan fingerprint density at radius 2 is 2.17 bits per heavy atom. The van der Waals surface area contributed by atoms with E-state index in [1.165, 1.54) is 12.7 Å². The molecule has 3 heterocycles. The Morgan fingerprint density at radius 1 is 1.30 bits per heavy atom. The fourth-order valence-corrected chi connectivity index (χ4v) is 2.40. The van der Waals surface area contributed by atoms with Gasteiger partial charge in [-0.05, 0) is 37.8 Å². The van der Waals surface area contributed by atoms with Gasteiger partial charge in [-0.1, -0.05) is 5.21 Å². The number of rotatable bonds is 6. The van der Waals surface area contributed by atoms with Crippen LogP contribution in [0.25, 0.3) is 11.0 Å². The molecule has 0 unspecified atom stereocenters. The molecule has 0 saturated heterocycles. The van der Waals surface area contributed by atoms with Crippen molar-refractivity contribution in [2.75, 3.05) is 7.11 Å². The van der Waals surface area contributed by atoms with Gasteiger partial charge in [-0.2, -0.15) is 5.10 Å². The van der Waals surface area contributed by atoms with Gasteiger partial charge in [0, 0.05) is 18.1 Å². The number of hydrogen-bond acceptors (Lipinski definition) is 6. The van der Waals surface area contributed by atoms with Gasteiger partial charge in [-0.25, -0.2) is 4.79 Å². The van der Waals surface area contributed by atoms with E-state index in [0.717, 1.165) is 36.0 Å². The van der Waals surface area contributed by atoms with Crippen molar-refractivity contribution in [3.63, 3.8) is 0 Å². The predicted octanol–water partition coefficient (Wildman–Crippen LogP) is 1.67. The topological polar surface area (TPSA) is 98.6 Å². The first kappa shape index (κ1) is 15.1. The number of unbranched alkanes of at least 4 members (excludes halogenated alkanes) is 1. The minimum atomic E-state index is -0.471. The van der Waals surface area contributed by atoms with Gasteiger partial charge in [-0.15, -0.1) is 10.2 Å². The summed E-state index contributed by atoms with van der Waals surface area (Å²) in [5.41, 5.74) is 3.21. The van der Waals surface area contributed by atoms with Crippen molar-refractivity contribution in [1.82, 2.24) is 30.2 Å². The zero-order valence-corrected chi connectivity index (χ0v) is 13.1. The molecule has 8 heteroatoms. The Hall–Kier alpha value is -2.77. The normalized spacial score (nSPS) is 11.0. The Bertz CT molecular complexity index is 822. The Kier molecular flexibility index (Phi) is 4.31. The summed E-state index contributed by atoms with van der Waals surface area (Å²) in [5, 5.41) is 17.2. The number of H-pyrrole nitrogens is 1. The second-order valence-electron chi connectivity index (χ2n) is 5.39. The number of fused-ring (bicyclic) bond motifs is 1. The van der Waals surface area contributed by atoms with Crippen LogP contribution in [-0.4, -0.2) is 43.3 Å². The number of aromatic nitrogens is 6. The van der Waals surface area contributed by atoms with Crippen molar-refractivity contribution in [2.45, 2.75) is 32.7 Å². The third kappa shape index (κ3) is 3.36. The van der Waals surface area contributed by atoms with Gasteiger partial charge in [-0.3, -0.25) is 4.68 Å². The number of carbonyl (C=O) groups excluding carboxylic acids is 1. The molecule has 8 nitrogen and oxygen atoms in total. The summed E-state index contributed by atoms with van der Waals surface area (Å²) >= 11 is 0. The Morgan fingerprint density at radius 3 is 3.00 bits per heavy atom. The van der Waals surface area contributed by atoms with Crippen molar-refractivity contribution < 1.29 is 9.53 Å². The smallest absolute Gasteiger partial charge is 0.360 e. The molecule has 0 aliphatic carbocycles. The molecule has 0 aliphatic rings. The number of ether oxygens (including phenoxy) is 1. The number of aryl methyl sites for hydroxylation is 3. The molecule has 3 aromatic heterocycles. The van der Waals surface area contributed by atoms with Crippen molar-refractivity contribution in [3.05, 3.63) is 35.4 Å². The molecule has 0 aromatic carbocycles. The molecule has 0 bridgehead atoms. The van der Waals surface area contributed by atoms with E-state index in [4.69, 9.17) is 0 Å². The number of nitrogens with one attached hydrogen (secondary N) is 1. The molecule has 3 rings (SSSR count). The maximum atomic E-state index is 11.3. The molecule has 120 valence electrons.